The summed E-state index contributed by atoms with van der Waals surface area (Å²) in [4.78, 5) is 0. The average molecular weight is 298 g/mol. The summed E-state index contributed by atoms with van der Waals surface area (Å²) >= 11 is 0. The Morgan fingerprint density at radius 2 is 1.64 bits per heavy atom. The highest BCUT2D eigenvalue weighted by molar-refractivity contribution is 5.33. The molecule has 0 aliphatic heterocycles. The Morgan fingerprint density at radius 3 is 2.32 bits per heavy atom. The first-order valence-electron chi connectivity index (χ1n) is 7.86. The van der Waals surface area contributed by atoms with Gasteiger partial charge in [0.05, 0.1) is 12.2 Å². The third-order valence-electron chi connectivity index (χ3n) is 4.17. The highest BCUT2D eigenvalue weighted by Gasteiger charge is 2.33. The Morgan fingerprint density at radius 1 is 0.909 bits per heavy atom. The zero-order valence-corrected chi connectivity index (χ0v) is 12.7. The Balaban J connectivity index is 1.49. The number of aliphatic hydroxyl groups is 1. The fourth-order valence-corrected chi connectivity index (χ4v) is 2.59. The summed E-state index contributed by atoms with van der Waals surface area (Å²) in [5.74, 6) is 1.58. The molecule has 0 saturated heterocycles. The molecule has 116 valence electrons. The predicted molar refractivity (Wildman–Crippen MR) is 86.1 cm³/mol. The van der Waals surface area contributed by atoms with Crippen LogP contribution in [0.4, 0.5) is 0 Å². The van der Waals surface area contributed by atoms with E-state index in [0.717, 1.165) is 36.3 Å². The minimum atomic E-state index is -0.485. The second-order valence-electron chi connectivity index (χ2n) is 5.93. The number of rotatable bonds is 7. The van der Waals surface area contributed by atoms with Crippen LogP contribution in [-0.2, 0) is 6.61 Å². The average Bonchev–Trinajstić information content (AvgIpc) is 2.53. The largest absolute Gasteiger partial charge is 0.493 e. The van der Waals surface area contributed by atoms with E-state index in [1.165, 1.54) is 0 Å². The zero-order chi connectivity index (χ0) is 15.3. The molecule has 1 N–H and O–H groups in total. The molecule has 0 unspecified atom stereocenters. The molecule has 0 aromatic heterocycles. The van der Waals surface area contributed by atoms with Gasteiger partial charge in [-0.1, -0.05) is 36.4 Å². The summed E-state index contributed by atoms with van der Waals surface area (Å²) in [6.45, 7) is 1.09. The molecule has 1 saturated carbocycles. The molecule has 2 aromatic carbocycles. The highest BCUT2D eigenvalue weighted by Crippen LogP contribution is 2.34. The van der Waals surface area contributed by atoms with Crippen molar-refractivity contribution < 1.29 is 14.6 Å². The molecule has 3 rings (SSSR count). The van der Waals surface area contributed by atoms with E-state index in [4.69, 9.17) is 9.47 Å². The lowest BCUT2D eigenvalue weighted by atomic mass is 9.78. The SMILES string of the molecule is OC1(CCOc2cccc(OCc3ccccc3)c2)CCC1. The van der Waals surface area contributed by atoms with Crippen molar-refractivity contribution in [3.8, 4) is 11.5 Å². The Labute approximate surface area is 131 Å². The minimum Gasteiger partial charge on any atom is -0.493 e. The second-order valence-corrected chi connectivity index (χ2v) is 5.93. The van der Waals surface area contributed by atoms with Crippen molar-refractivity contribution >= 4 is 0 Å². The molecule has 2 aromatic rings. The van der Waals surface area contributed by atoms with Gasteiger partial charge in [0.15, 0.2) is 0 Å². The Hall–Kier alpha value is -2.00. The summed E-state index contributed by atoms with van der Waals surface area (Å²) in [5.41, 5.74) is 0.655. The standard InChI is InChI=1S/C19H22O3/c20-19(10-5-11-19)12-13-21-17-8-4-9-18(14-17)22-15-16-6-2-1-3-7-16/h1-4,6-9,14,20H,5,10-13,15H2. The lowest BCUT2D eigenvalue weighted by Crippen LogP contribution is -2.38. The van der Waals surface area contributed by atoms with Crippen LogP contribution in [0.5, 0.6) is 11.5 Å². The van der Waals surface area contributed by atoms with E-state index in [1.807, 2.05) is 54.6 Å². The highest BCUT2D eigenvalue weighted by atomic mass is 16.5. The normalized spacial score (nSPS) is 15.9. The first-order valence-corrected chi connectivity index (χ1v) is 7.86. The molecule has 0 amide bonds. The van der Waals surface area contributed by atoms with Gasteiger partial charge in [-0.15, -0.1) is 0 Å². The number of benzene rings is 2. The summed E-state index contributed by atoms with van der Waals surface area (Å²) in [6, 6.07) is 17.7. The molecule has 3 heteroatoms. The van der Waals surface area contributed by atoms with E-state index in [-0.39, 0.29) is 0 Å². The van der Waals surface area contributed by atoms with Gasteiger partial charge in [0.1, 0.15) is 18.1 Å². The van der Waals surface area contributed by atoms with Crippen LogP contribution in [0.1, 0.15) is 31.2 Å². The summed E-state index contributed by atoms with van der Waals surface area (Å²) in [6.07, 6.45) is 3.62. The maximum absolute atomic E-state index is 10.0. The van der Waals surface area contributed by atoms with Gasteiger partial charge in [0.2, 0.25) is 0 Å². The smallest absolute Gasteiger partial charge is 0.123 e. The van der Waals surface area contributed by atoms with Gasteiger partial charge >= 0.3 is 0 Å². The molecule has 0 radical (unpaired) electrons. The fraction of sp³-hybridized carbons (Fsp3) is 0.368. The van der Waals surface area contributed by atoms with Crippen LogP contribution in [0.2, 0.25) is 0 Å². The summed E-state index contributed by atoms with van der Waals surface area (Å²) in [5, 5.41) is 10.0. The number of hydrogen-bond acceptors (Lipinski definition) is 3. The van der Waals surface area contributed by atoms with Gasteiger partial charge in [0, 0.05) is 12.5 Å². The predicted octanol–water partition coefficient (Wildman–Crippen LogP) is 3.95. The van der Waals surface area contributed by atoms with Crippen molar-refractivity contribution in [1.82, 2.24) is 0 Å². The Kier molecular flexibility index (Phi) is 4.64. The molecule has 0 atom stereocenters. The van der Waals surface area contributed by atoms with Crippen molar-refractivity contribution in [2.75, 3.05) is 6.61 Å². The van der Waals surface area contributed by atoms with Crippen LogP contribution in [0.25, 0.3) is 0 Å². The molecular formula is C19H22O3. The van der Waals surface area contributed by atoms with Crippen molar-refractivity contribution in [3.05, 3.63) is 60.2 Å². The van der Waals surface area contributed by atoms with E-state index in [0.29, 0.717) is 19.6 Å². The molecule has 1 aliphatic carbocycles. The number of hydrogen-bond donors (Lipinski definition) is 1. The maximum atomic E-state index is 10.0. The minimum absolute atomic E-state index is 0.485. The molecule has 1 aliphatic rings. The van der Waals surface area contributed by atoms with Crippen molar-refractivity contribution in [1.29, 1.82) is 0 Å². The van der Waals surface area contributed by atoms with Gasteiger partial charge in [-0.3, -0.25) is 0 Å². The Bertz CT molecular complexity index is 591. The van der Waals surface area contributed by atoms with Crippen molar-refractivity contribution in [2.45, 2.75) is 37.9 Å². The van der Waals surface area contributed by atoms with Gasteiger partial charge < -0.3 is 14.6 Å². The lowest BCUT2D eigenvalue weighted by molar-refractivity contribution is -0.0482. The fourth-order valence-electron chi connectivity index (χ4n) is 2.59. The van der Waals surface area contributed by atoms with Gasteiger partial charge in [0.25, 0.3) is 0 Å². The third kappa shape index (κ3) is 4.01. The van der Waals surface area contributed by atoms with Crippen LogP contribution < -0.4 is 9.47 Å². The first kappa shape index (κ1) is 14.9. The van der Waals surface area contributed by atoms with E-state index < -0.39 is 5.60 Å². The lowest BCUT2D eigenvalue weighted by Gasteiger charge is -2.36. The van der Waals surface area contributed by atoms with Crippen molar-refractivity contribution in [2.24, 2.45) is 0 Å². The quantitative estimate of drug-likeness (QED) is 0.841. The van der Waals surface area contributed by atoms with Crippen LogP contribution in [0, 0.1) is 0 Å². The molecule has 22 heavy (non-hydrogen) atoms. The molecule has 1 fully saturated rings. The molecule has 0 bridgehead atoms. The van der Waals surface area contributed by atoms with E-state index in [1.54, 1.807) is 0 Å². The molecule has 0 heterocycles. The number of ether oxygens (including phenoxy) is 2. The van der Waals surface area contributed by atoms with Gasteiger partial charge in [-0.05, 0) is 37.0 Å². The van der Waals surface area contributed by atoms with E-state index in [2.05, 4.69) is 0 Å². The van der Waals surface area contributed by atoms with E-state index >= 15 is 0 Å². The summed E-state index contributed by atoms with van der Waals surface area (Å²) < 4.78 is 11.5. The molecule has 0 spiro atoms. The summed E-state index contributed by atoms with van der Waals surface area (Å²) in [7, 11) is 0. The second kappa shape index (κ2) is 6.84. The van der Waals surface area contributed by atoms with Crippen LogP contribution >= 0.6 is 0 Å². The van der Waals surface area contributed by atoms with E-state index in [9.17, 15) is 5.11 Å². The van der Waals surface area contributed by atoms with Crippen LogP contribution in [0.15, 0.2) is 54.6 Å². The van der Waals surface area contributed by atoms with Gasteiger partial charge in [-0.25, -0.2) is 0 Å². The van der Waals surface area contributed by atoms with Crippen LogP contribution in [0.3, 0.4) is 0 Å². The maximum Gasteiger partial charge on any atom is 0.123 e. The first-order chi connectivity index (χ1) is 10.7. The van der Waals surface area contributed by atoms with Gasteiger partial charge in [-0.2, -0.15) is 0 Å². The van der Waals surface area contributed by atoms with Crippen molar-refractivity contribution in [3.63, 3.8) is 0 Å². The van der Waals surface area contributed by atoms with Crippen LogP contribution in [-0.4, -0.2) is 17.3 Å². The zero-order valence-electron chi connectivity index (χ0n) is 12.7. The molecule has 3 nitrogen and oxygen atoms in total. The monoisotopic (exact) mass is 298 g/mol. The molecular weight excluding hydrogens is 276 g/mol. The third-order valence-corrected chi connectivity index (χ3v) is 4.17. The topological polar surface area (TPSA) is 38.7 Å².